The topological polar surface area (TPSA) is 75.6 Å². The van der Waals surface area contributed by atoms with Gasteiger partial charge in [0.15, 0.2) is 18.2 Å². The van der Waals surface area contributed by atoms with E-state index in [9.17, 15) is 14.0 Å². The van der Waals surface area contributed by atoms with E-state index in [0.29, 0.717) is 10.9 Å². The monoisotopic (exact) mass is 361 g/mol. The number of carbonyl (C=O) groups is 2. The Morgan fingerprint density at radius 3 is 2.67 bits per heavy atom. The van der Waals surface area contributed by atoms with Crippen LogP contribution >= 0.6 is 15.9 Å². The third-order valence-corrected chi connectivity index (χ3v) is 3.40. The van der Waals surface area contributed by atoms with Gasteiger partial charge in [-0.2, -0.15) is 0 Å². The first-order chi connectivity index (χ1) is 9.72. The van der Waals surface area contributed by atoms with E-state index in [-0.39, 0.29) is 18.9 Å². The molecule has 0 aliphatic heterocycles. The minimum Gasteiger partial charge on any atom is -0.481 e. The van der Waals surface area contributed by atoms with Crippen molar-refractivity contribution in [2.24, 2.45) is 5.41 Å². The van der Waals surface area contributed by atoms with Crippen LogP contribution in [-0.4, -0.2) is 30.1 Å². The maximum absolute atomic E-state index is 13.4. The predicted octanol–water partition coefficient (Wildman–Crippen LogP) is 2.58. The Hall–Kier alpha value is -1.63. The number of aliphatic carboxylic acids is 1. The van der Waals surface area contributed by atoms with Gasteiger partial charge >= 0.3 is 5.97 Å². The molecule has 1 aromatic rings. The normalized spacial score (nSPS) is 11.0. The number of rotatable bonds is 7. The van der Waals surface area contributed by atoms with E-state index in [1.54, 1.807) is 19.9 Å². The molecule has 0 aliphatic rings. The lowest BCUT2D eigenvalue weighted by Crippen LogP contribution is -2.34. The highest BCUT2D eigenvalue weighted by atomic mass is 79.9. The molecule has 0 aliphatic carbocycles. The average Bonchev–Trinajstić information content (AvgIpc) is 2.37. The van der Waals surface area contributed by atoms with Gasteiger partial charge in [0.05, 0.1) is 5.41 Å². The molecule has 0 bridgehead atoms. The number of benzene rings is 1. The number of hydrogen-bond donors (Lipinski definition) is 2. The van der Waals surface area contributed by atoms with Gasteiger partial charge in [0.25, 0.3) is 5.91 Å². The minimum absolute atomic E-state index is 0.0146. The molecule has 0 saturated carbocycles. The highest BCUT2D eigenvalue weighted by Crippen LogP contribution is 2.21. The summed E-state index contributed by atoms with van der Waals surface area (Å²) >= 11 is 3.12. The zero-order valence-corrected chi connectivity index (χ0v) is 13.4. The lowest BCUT2D eigenvalue weighted by Gasteiger charge is -2.18. The van der Waals surface area contributed by atoms with Gasteiger partial charge in [0.2, 0.25) is 0 Å². The Balaban J connectivity index is 2.36. The van der Waals surface area contributed by atoms with Crippen LogP contribution in [0.3, 0.4) is 0 Å². The van der Waals surface area contributed by atoms with Crippen LogP contribution in [0.25, 0.3) is 0 Å². The Morgan fingerprint density at radius 1 is 1.43 bits per heavy atom. The van der Waals surface area contributed by atoms with Crippen molar-refractivity contribution in [3.63, 3.8) is 0 Å². The van der Waals surface area contributed by atoms with E-state index in [0.717, 1.165) is 0 Å². The zero-order chi connectivity index (χ0) is 16.0. The first kappa shape index (κ1) is 17.4. The molecule has 0 spiro atoms. The van der Waals surface area contributed by atoms with Crippen LogP contribution in [0, 0.1) is 11.2 Å². The summed E-state index contributed by atoms with van der Waals surface area (Å²) in [7, 11) is 0. The standard InChI is InChI=1S/C14H17BrFNO4/c1-14(2,13(19)20)5-6-17-12(18)8-21-11-4-3-9(15)7-10(11)16/h3-4,7H,5-6,8H2,1-2H3,(H,17,18)(H,19,20). The van der Waals surface area contributed by atoms with E-state index >= 15 is 0 Å². The second-order valence-corrected chi connectivity index (χ2v) is 6.07. The van der Waals surface area contributed by atoms with Gasteiger partial charge in [0.1, 0.15) is 0 Å². The third kappa shape index (κ3) is 5.71. The highest BCUT2D eigenvalue weighted by molar-refractivity contribution is 9.10. The molecule has 0 aromatic heterocycles. The van der Waals surface area contributed by atoms with Crippen molar-refractivity contribution in [1.82, 2.24) is 5.32 Å². The summed E-state index contributed by atoms with van der Waals surface area (Å²) in [4.78, 5) is 22.4. The molecule has 0 atom stereocenters. The number of carbonyl (C=O) groups excluding carboxylic acids is 1. The van der Waals surface area contributed by atoms with Crippen LogP contribution in [0.5, 0.6) is 5.75 Å². The van der Waals surface area contributed by atoms with Crippen LogP contribution in [0.2, 0.25) is 0 Å². The highest BCUT2D eigenvalue weighted by Gasteiger charge is 2.26. The SMILES string of the molecule is CC(C)(CCNC(=O)COc1ccc(Br)cc1F)C(=O)O. The minimum atomic E-state index is -0.926. The largest absolute Gasteiger partial charge is 0.481 e. The summed E-state index contributed by atoms with van der Waals surface area (Å²) in [6.45, 7) is 3.04. The molecule has 1 rings (SSSR count). The maximum Gasteiger partial charge on any atom is 0.309 e. The van der Waals surface area contributed by atoms with Crippen molar-refractivity contribution in [2.75, 3.05) is 13.2 Å². The molecule has 0 radical (unpaired) electrons. The third-order valence-electron chi connectivity index (χ3n) is 2.90. The van der Waals surface area contributed by atoms with E-state index in [1.807, 2.05) is 0 Å². The summed E-state index contributed by atoms with van der Waals surface area (Å²) in [6.07, 6.45) is 0.292. The summed E-state index contributed by atoms with van der Waals surface area (Å²) in [5, 5.41) is 11.5. The van der Waals surface area contributed by atoms with Crippen molar-refractivity contribution in [3.05, 3.63) is 28.5 Å². The average molecular weight is 362 g/mol. The summed E-state index contributed by atoms with van der Waals surface area (Å²) < 4.78 is 19.1. The van der Waals surface area contributed by atoms with E-state index in [1.165, 1.54) is 12.1 Å². The lowest BCUT2D eigenvalue weighted by molar-refractivity contribution is -0.147. The number of halogens is 2. The molecule has 2 N–H and O–H groups in total. The lowest BCUT2D eigenvalue weighted by atomic mass is 9.90. The van der Waals surface area contributed by atoms with E-state index in [2.05, 4.69) is 21.2 Å². The molecule has 0 unspecified atom stereocenters. The van der Waals surface area contributed by atoms with Gasteiger partial charge in [-0.25, -0.2) is 4.39 Å². The fourth-order valence-electron chi connectivity index (χ4n) is 1.41. The zero-order valence-electron chi connectivity index (χ0n) is 11.8. The Kier molecular flexibility index (Phi) is 6.14. The van der Waals surface area contributed by atoms with Gasteiger partial charge in [-0.15, -0.1) is 0 Å². The second kappa shape index (κ2) is 7.40. The van der Waals surface area contributed by atoms with Gasteiger partial charge in [-0.1, -0.05) is 15.9 Å². The molecule has 0 fully saturated rings. The second-order valence-electron chi connectivity index (χ2n) is 5.15. The molecular formula is C14H17BrFNO4. The first-order valence-corrected chi connectivity index (χ1v) is 7.09. The molecule has 0 saturated heterocycles. The molecule has 21 heavy (non-hydrogen) atoms. The Bertz CT molecular complexity index is 534. The summed E-state index contributed by atoms with van der Waals surface area (Å²) in [6, 6.07) is 4.26. The number of nitrogens with one attached hydrogen (secondary N) is 1. The number of ether oxygens (including phenoxy) is 1. The van der Waals surface area contributed by atoms with E-state index < -0.39 is 23.1 Å². The van der Waals surface area contributed by atoms with E-state index in [4.69, 9.17) is 9.84 Å². The quantitative estimate of drug-likeness (QED) is 0.782. The predicted molar refractivity (Wildman–Crippen MR) is 78.6 cm³/mol. The molecule has 1 aromatic carbocycles. The van der Waals surface area contributed by atoms with Crippen molar-refractivity contribution in [2.45, 2.75) is 20.3 Å². The van der Waals surface area contributed by atoms with Crippen LogP contribution < -0.4 is 10.1 Å². The van der Waals surface area contributed by atoms with Crippen LogP contribution in [0.15, 0.2) is 22.7 Å². The number of carboxylic acids is 1. The number of carboxylic acid groups (broad SMARTS) is 1. The maximum atomic E-state index is 13.4. The van der Waals surface area contributed by atoms with Crippen LogP contribution in [0.1, 0.15) is 20.3 Å². The van der Waals surface area contributed by atoms with Gasteiger partial charge in [-0.05, 0) is 38.5 Å². The van der Waals surface area contributed by atoms with Gasteiger partial charge < -0.3 is 15.2 Å². The molecule has 7 heteroatoms. The fourth-order valence-corrected chi connectivity index (χ4v) is 1.74. The fraction of sp³-hybridized carbons (Fsp3) is 0.429. The molecule has 116 valence electrons. The van der Waals surface area contributed by atoms with Crippen molar-refractivity contribution in [3.8, 4) is 5.75 Å². The molecule has 1 amide bonds. The van der Waals surface area contributed by atoms with Gasteiger partial charge in [-0.3, -0.25) is 9.59 Å². The molecule has 5 nitrogen and oxygen atoms in total. The van der Waals surface area contributed by atoms with Gasteiger partial charge in [0, 0.05) is 11.0 Å². The summed E-state index contributed by atoms with van der Waals surface area (Å²) in [5.41, 5.74) is -0.911. The van der Waals surface area contributed by atoms with Crippen molar-refractivity contribution < 1.29 is 23.8 Å². The number of hydrogen-bond acceptors (Lipinski definition) is 3. The Labute approximate surface area is 130 Å². The van der Waals surface area contributed by atoms with Crippen molar-refractivity contribution in [1.29, 1.82) is 0 Å². The van der Waals surface area contributed by atoms with Crippen LogP contribution in [-0.2, 0) is 9.59 Å². The van der Waals surface area contributed by atoms with Crippen LogP contribution in [0.4, 0.5) is 4.39 Å². The number of amides is 1. The van der Waals surface area contributed by atoms with Crippen molar-refractivity contribution >= 4 is 27.8 Å². The summed E-state index contributed by atoms with van der Waals surface area (Å²) in [5.74, 6) is -1.94. The smallest absolute Gasteiger partial charge is 0.309 e. The first-order valence-electron chi connectivity index (χ1n) is 6.30. The molecule has 0 heterocycles. The Morgan fingerprint density at radius 2 is 2.10 bits per heavy atom. The molecular weight excluding hydrogens is 345 g/mol.